The predicted molar refractivity (Wildman–Crippen MR) is 172 cm³/mol. The Labute approximate surface area is 252 Å². The number of amides is 1. The lowest BCUT2D eigenvalue weighted by Gasteiger charge is -2.33. The van der Waals surface area contributed by atoms with Crippen LogP contribution in [0, 0.1) is 6.92 Å². The van der Waals surface area contributed by atoms with Crippen LogP contribution in [0.15, 0.2) is 60.7 Å². The first-order valence-electron chi connectivity index (χ1n) is 15.2. The number of nitrogens with zero attached hydrogens (tertiary/aromatic N) is 4. The Hall–Kier alpha value is -4.21. The minimum atomic E-state index is -0.248. The van der Waals surface area contributed by atoms with E-state index in [1.807, 2.05) is 11.0 Å². The summed E-state index contributed by atoms with van der Waals surface area (Å²) in [6, 6.07) is 20.6. The summed E-state index contributed by atoms with van der Waals surface area (Å²) in [5.74, 6) is 1.90. The number of methoxy groups -OCH3 is 1. The molecule has 1 fully saturated rings. The Bertz CT molecular complexity index is 1720. The molecule has 5 aromatic rings. The van der Waals surface area contributed by atoms with Crippen LogP contribution in [0.3, 0.4) is 0 Å². The van der Waals surface area contributed by atoms with Crippen LogP contribution in [0.5, 0.6) is 0 Å². The maximum Gasteiger partial charge on any atom is 0.224 e. The summed E-state index contributed by atoms with van der Waals surface area (Å²) in [6.07, 6.45) is 3.88. The van der Waals surface area contributed by atoms with E-state index in [0.717, 1.165) is 76.8 Å². The van der Waals surface area contributed by atoms with Gasteiger partial charge in [0.1, 0.15) is 5.82 Å². The molecule has 3 heterocycles. The van der Waals surface area contributed by atoms with Crippen LogP contribution < -0.4 is 11.5 Å². The number of nitrogen functional groups attached to an aromatic ring is 1. The summed E-state index contributed by atoms with van der Waals surface area (Å²) in [6.45, 7) is 5.12. The van der Waals surface area contributed by atoms with Gasteiger partial charge in [-0.25, -0.2) is 4.98 Å². The molecule has 9 nitrogen and oxygen atoms in total. The topological polar surface area (TPSA) is 128 Å². The van der Waals surface area contributed by atoms with Gasteiger partial charge in [-0.05, 0) is 73.1 Å². The highest BCUT2D eigenvalue weighted by molar-refractivity contribution is 5.92. The Morgan fingerprint density at radius 2 is 1.95 bits per heavy atom. The second kappa shape index (κ2) is 12.6. The number of nitrogens with one attached hydrogen (secondary N) is 1. The molecular formula is C34H41N7O2. The molecule has 2 atom stereocenters. The van der Waals surface area contributed by atoms with E-state index in [2.05, 4.69) is 76.3 Å². The molecule has 1 amide bonds. The zero-order chi connectivity index (χ0) is 29.9. The van der Waals surface area contributed by atoms with Crippen LogP contribution in [0.4, 0.5) is 5.82 Å². The maximum atomic E-state index is 13.4. The average molecular weight is 580 g/mol. The Morgan fingerprint density at radius 1 is 1.14 bits per heavy atom. The summed E-state index contributed by atoms with van der Waals surface area (Å²) in [4.78, 5) is 20.6. The van der Waals surface area contributed by atoms with E-state index in [-0.39, 0.29) is 17.9 Å². The number of anilines is 1. The van der Waals surface area contributed by atoms with Crippen molar-refractivity contribution in [2.24, 2.45) is 5.73 Å². The highest BCUT2D eigenvalue weighted by atomic mass is 16.5. The van der Waals surface area contributed by atoms with Crippen LogP contribution in [0.1, 0.15) is 48.6 Å². The van der Waals surface area contributed by atoms with E-state index in [0.29, 0.717) is 31.8 Å². The second-order valence-electron chi connectivity index (χ2n) is 11.8. The molecule has 1 aliphatic rings. The van der Waals surface area contributed by atoms with Gasteiger partial charge in [0.2, 0.25) is 5.91 Å². The number of carbonyl (C=O) groups excluding carboxylic acids is 1. The molecule has 0 aliphatic carbocycles. The molecule has 0 spiro atoms. The number of aryl methyl sites for hydroxylation is 2. The number of ether oxygens (including phenoxy) is 1. The van der Waals surface area contributed by atoms with E-state index >= 15 is 0 Å². The molecule has 224 valence electrons. The number of hydrogen-bond acceptors (Lipinski definition) is 6. The van der Waals surface area contributed by atoms with Gasteiger partial charge in [0.25, 0.3) is 0 Å². The Balaban J connectivity index is 1.09. The molecule has 6 rings (SSSR count). The van der Waals surface area contributed by atoms with Crippen LogP contribution in [0.25, 0.3) is 33.1 Å². The lowest BCUT2D eigenvalue weighted by atomic mass is 9.95. The minimum Gasteiger partial charge on any atom is -0.385 e. The molecule has 5 N–H and O–H groups in total. The summed E-state index contributed by atoms with van der Waals surface area (Å²) in [5, 5.41) is 7.94. The molecule has 9 heteroatoms. The van der Waals surface area contributed by atoms with Crippen LogP contribution in [-0.2, 0) is 22.5 Å². The molecular weight excluding hydrogens is 538 g/mol. The number of imidazole rings is 1. The fourth-order valence-corrected chi connectivity index (χ4v) is 6.41. The molecule has 0 saturated carbocycles. The lowest BCUT2D eigenvalue weighted by Crippen LogP contribution is -2.42. The molecule has 3 aromatic carbocycles. The van der Waals surface area contributed by atoms with Gasteiger partial charge in [0, 0.05) is 57.1 Å². The van der Waals surface area contributed by atoms with Crippen molar-refractivity contribution in [3.8, 4) is 11.1 Å². The van der Waals surface area contributed by atoms with Gasteiger partial charge in [-0.2, -0.15) is 5.10 Å². The van der Waals surface area contributed by atoms with Gasteiger partial charge in [0.05, 0.1) is 16.6 Å². The van der Waals surface area contributed by atoms with Gasteiger partial charge in [0.15, 0.2) is 5.82 Å². The van der Waals surface area contributed by atoms with Crippen molar-refractivity contribution in [2.45, 2.75) is 57.5 Å². The zero-order valence-corrected chi connectivity index (χ0v) is 25.1. The number of aromatic amines is 1. The highest BCUT2D eigenvalue weighted by Crippen LogP contribution is 2.31. The Kier molecular flexibility index (Phi) is 8.44. The van der Waals surface area contributed by atoms with Gasteiger partial charge in [-0.15, -0.1) is 0 Å². The summed E-state index contributed by atoms with van der Waals surface area (Å²) < 4.78 is 7.67. The number of carbonyl (C=O) groups is 1. The van der Waals surface area contributed by atoms with Gasteiger partial charge in [-0.3, -0.25) is 9.89 Å². The third kappa shape index (κ3) is 6.14. The van der Waals surface area contributed by atoms with Crippen molar-refractivity contribution in [1.82, 2.24) is 24.6 Å². The molecule has 1 aliphatic heterocycles. The number of likely N-dealkylation sites (tertiary alicyclic amines) is 1. The van der Waals surface area contributed by atoms with Crippen molar-refractivity contribution in [3.05, 3.63) is 77.6 Å². The molecule has 2 unspecified atom stereocenters. The van der Waals surface area contributed by atoms with Crippen LogP contribution in [0.2, 0.25) is 0 Å². The number of fused-ring (bicyclic) bond motifs is 2. The van der Waals surface area contributed by atoms with Gasteiger partial charge < -0.3 is 25.7 Å². The fourth-order valence-electron chi connectivity index (χ4n) is 6.41. The summed E-state index contributed by atoms with van der Waals surface area (Å²) >= 11 is 0. The molecule has 0 bridgehead atoms. The van der Waals surface area contributed by atoms with Crippen LogP contribution in [-0.4, -0.2) is 63.4 Å². The smallest absolute Gasteiger partial charge is 0.224 e. The van der Waals surface area contributed by atoms with Gasteiger partial charge in [-0.1, -0.05) is 42.5 Å². The summed E-state index contributed by atoms with van der Waals surface area (Å²) in [5.41, 5.74) is 20.1. The number of benzene rings is 3. The fraction of sp³-hybridized carbons (Fsp3) is 0.382. The highest BCUT2D eigenvalue weighted by Gasteiger charge is 2.29. The number of H-pyrrole nitrogens is 1. The minimum absolute atomic E-state index is 0.123. The van der Waals surface area contributed by atoms with Crippen molar-refractivity contribution in [1.29, 1.82) is 0 Å². The zero-order valence-electron chi connectivity index (χ0n) is 25.1. The number of aromatic nitrogens is 4. The first-order valence-corrected chi connectivity index (χ1v) is 15.2. The van der Waals surface area contributed by atoms with E-state index in [1.165, 1.54) is 5.56 Å². The number of nitrogens with two attached hydrogens (primary N) is 2. The monoisotopic (exact) mass is 579 g/mol. The van der Waals surface area contributed by atoms with E-state index in [9.17, 15) is 4.79 Å². The predicted octanol–water partition coefficient (Wildman–Crippen LogP) is 5.17. The largest absolute Gasteiger partial charge is 0.385 e. The third-order valence-corrected chi connectivity index (χ3v) is 8.69. The average Bonchev–Trinajstić information content (AvgIpc) is 3.58. The first-order chi connectivity index (χ1) is 20.9. The van der Waals surface area contributed by atoms with Crippen molar-refractivity contribution in [3.63, 3.8) is 0 Å². The number of para-hydroxylation sites is 1. The van der Waals surface area contributed by atoms with E-state index in [1.54, 1.807) is 7.11 Å². The Morgan fingerprint density at radius 3 is 2.77 bits per heavy atom. The van der Waals surface area contributed by atoms with Crippen molar-refractivity contribution < 1.29 is 9.53 Å². The van der Waals surface area contributed by atoms with Gasteiger partial charge >= 0.3 is 0 Å². The third-order valence-electron chi connectivity index (χ3n) is 8.69. The van der Waals surface area contributed by atoms with Crippen LogP contribution >= 0.6 is 0 Å². The standard InChI is InChI=1S/C34H41N7O2/c1-22-6-3-8-30-32(22)37-34(41(30)16-5-17-43-2)26-7-4-15-40(21-26)31(42)20-27(35)18-23-9-11-24(12-10-23)25-13-14-29-28(19-25)33(36)39-38-29/h3,6,8-14,19,26-27H,4-5,7,15-18,20-21,35H2,1-2H3,(H3,36,38,39). The summed E-state index contributed by atoms with van der Waals surface area (Å²) in [7, 11) is 1.74. The van der Waals surface area contributed by atoms with E-state index < -0.39 is 0 Å². The maximum absolute atomic E-state index is 13.4. The molecule has 1 saturated heterocycles. The van der Waals surface area contributed by atoms with E-state index in [4.69, 9.17) is 21.2 Å². The second-order valence-corrected chi connectivity index (χ2v) is 11.8. The SMILES string of the molecule is COCCCn1c(C2CCCN(C(=O)CC(N)Cc3ccc(-c4ccc5[nH]nc(N)c5c4)cc3)C2)nc2c(C)cccc21. The number of hydrogen-bond donors (Lipinski definition) is 3. The quantitative estimate of drug-likeness (QED) is 0.196. The first kappa shape index (κ1) is 28.9. The normalized spacial score (nSPS) is 16.3. The molecule has 0 radical (unpaired) electrons. The van der Waals surface area contributed by atoms with Crippen molar-refractivity contribution in [2.75, 3.05) is 32.5 Å². The number of rotatable bonds is 10. The molecule has 2 aromatic heterocycles. The lowest BCUT2D eigenvalue weighted by molar-refractivity contribution is -0.132. The molecule has 43 heavy (non-hydrogen) atoms. The van der Waals surface area contributed by atoms with Crippen molar-refractivity contribution >= 4 is 33.7 Å². The number of piperidine rings is 1.